The number of benzene rings is 3. The Kier molecular flexibility index (Phi) is 6.89. The maximum Gasteiger partial charge on any atom is 0.255 e. The molecule has 0 spiro atoms. The summed E-state index contributed by atoms with van der Waals surface area (Å²) in [6.45, 7) is 6.06. The lowest BCUT2D eigenvalue weighted by atomic mass is 10.1. The molecule has 168 valence electrons. The Morgan fingerprint density at radius 2 is 1.56 bits per heavy atom. The summed E-state index contributed by atoms with van der Waals surface area (Å²) >= 11 is 0. The molecule has 0 heterocycles. The highest BCUT2D eigenvalue weighted by Gasteiger charge is 2.18. The Morgan fingerprint density at radius 3 is 2.16 bits per heavy atom. The van der Waals surface area contributed by atoms with Gasteiger partial charge in [-0.15, -0.1) is 0 Å². The van der Waals surface area contributed by atoms with Gasteiger partial charge in [-0.05, 0) is 79.4 Å². The van der Waals surface area contributed by atoms with Gasteiger partial charge in [0.25, 0.3) is 5.91 Å². The molecule has 7 heteroatoms. The quantitative estimate of drug-likeness (QED) is 0.557. The highest BCUT2D eigenvalue weighted by atomic mass is 32.2. The zero-order chi connectivity index (χ0) is 23.5. The summed E-state index contributed by atoms with van der Waals surface area (Å²) in [5, 5.41) is 2.86. The number of amides is 1. The molecule has 3 aromatic carbocycles. The number of methoxy groups -OCH3 is 1. The number of hydrogen-bond acceptors (Lipinski definition) is 4. The fourth-order valence-electron chi connectivity index (χ4n) is 3.30. The van der Waals surface area contributed by atoms with Crippen molar-refractivity contribution in [1.29, 1.82) is 0 Å². The zero-order valence-electron chi connectivity index (χ0n) is 19.0. The van der Waals surface area contributed by atoms with Crippen LogP contribution in [-0.2, 0) is 16.6 Å². The van der Waals surface area contributed by atoms with E-state index < -0.39 is 10.0 Å². The summed E-state index contributed by atoms with van der Waals surface area (Å²) < 4.78 is 31.5. The first-order chi connectivity index (χ1) is 15.1. The number of sulfonamides is 1. The molecule has 0 atom stereocenters. The Morgan fingerprint density at radius 1 is 0.906 bits per heavy atom. The predicted octanol–water partition coefficient (Wildman–Crippen LogP) is 4.84. The molecule has 0 radical (unpaired) electrons. The number of anilines is 2. The van der Waals surface area contributed by atoms with Crippen molar-refractivity contribution in [3.8, 4) is 5.75 Å². The van der Waals surface area contributed by atoms with Crippen LogP contribution in [0.5, 0.6) is 5.75 Å². The van der Waals surface area contributed by atoms with Crippen LogP contribution in [0.3, 0.4) is 0 Å². The van der Waals surface area contributed by atoms with Gasteiger partial charge < -0.3 is 10.1 Å². The zero-order valence-corrected chi connectivity index (χ0v) is 19.8. The number of rotatable bonds is 7. The third kappa shape index (κ3) is 5.48. The number of hydrogen-bond donors (Lipinski definition) is 1. The van der Waals surface area contributed by atoms with Gasteiger partial charge in [0.05, 0.1) is 25.6 Å². The van der Waals surface area contributed by atoms with E-state index in [9.17, 15) is 13.2 Å². The van der Waals surface area contributed by atoms with Crippen molar-refractivity contribution in [2.45, 2.75) is 27.3 Å². The summed E-state index contributed by atoms with van der Waals surface area (Å²) in [7, 11) is -1.90. The molecule has 3 aromatic rings. The molecule has 0 saturated carbocycles. The van der Waals surface area contributed by atoms with Gasteiger partial charge in [-0.1, -0.05) is 24.3 Å². The van der Waals surface area contributed by atoms with E-state index in [-0.39, 0.29) is 12.5 Å². The van der Waals surface area contributed by atoms with Crippen molar-refractivity contribution in [3.63, 3.8) is 0 Å². The number of ether oxygens (including phenoxy) is 1. The fourth-order valence-corrected chi connectivity index (χ4v) is 4.18. The highest BCUT2D eigenvalue weighted by molar-refractivity contribution is 7.92. The summed E-state index contributed by atoms with van der Waals surface area (Å²) in [6.07, 6.45) is 1.20. The number of nitrogens with one attached hydrogen (secondary N) is 1. The van der Waals surface area contributed by atoms with Crippen LogP contribution in [-0.4, -0.2) is 27.7 Å². The van der Waals surface area contributed by atoms with Crippen molar-refractivity contribution >= 4 is 27.3 Å². The largest absolute Gasteiger partial charge is 0.496 e. The van der Waals surface area contributed by atoms with E-state index in [1.807, 2.05) is 57.2 Å². The Hall–Kier alpha value is -3.32. The molecule has 1 N–H and O–H groups in total. The second-order valence-electron chi connectivity index (χ2n) is 7.87. The van der Waals surface area contributed by atoms with Crippen LogP contribution in [0, 0.1) is 20.8 Å². The molecule has 0 saturated heterocycles. The Bertz CT molecular complexity index is 1240. The first kappa shape index (κ1) is 23.3. The predicted molar refractivity (Wildman–Crippen MR) is 129 cm³/mol. The third-order valence-electron chi connectivity index (χ3n) is 5.39. The first-order valence-corrected chi connectivity index (χ1v) is 12.0. The minimum atomic E-state index is -3.47. The normalized spacial score (nSPS) is 11.2. The average molecular weight is 453 g/mol. The van der Waals surface area contributed by atoms with Crippen molar-refractivity contribution in [2.24, 2.45) is 0 Å². The van der Waals surface area contributed by atoms with Gasteiger partial charge >= 0.3 is 0 Å². The van der Waals surface area contributed by atoms with E-state index in [4.69, 9.17) is 4.74 Å². The average Bonchev–Trinajstić information content (AvgIpc) is 2.74. The minimum Gasteiger partial charge on any atom is -0.496 e. The Labute approximate surface area is 189 Å². The molecule has 3 rings (SSSR count). The molecule has 0 unspecified atom stereocenters. The monoisotopic (exact) mass is 452 g/mol. The van der Waals surface area contributed by atoms with Crippen LogP contribution in [0.25, 0.3) is 0 Å². The van der Waals surface area contributed by atoms with E-state index in [2.05, 4.69) is 5.32 Å². The summed E-state index contributed by atoms with van der Waals surface area (Å²) in [4.78, 5) is 12.6. The maximum atomic E-state index is 12.6. The van der Waals surface area contributed by atoms with Gasteiger partial charge in [0.1, 0.15) is 5.75 Å². The van der Waals surface area contributed by atoms with E-state index in [1.54, 1.807) is 31.4 Å². The second-order valence-corrected chi connectivity index (χ2v) is 9.78. The van der Waals surface area contributed by atoms with Crippen LogP contribution in [0.2, 0.25) is 0 Å². The molecule has 0 aliphatic rings. The molecule has 0 aliphatic heterocycles. The van der Waals surface area contributed by atoms with E-state index in [0.717, 1.165) is 22.3 Å². The van der Waals surface area contributed by atoms with Gasteiger partial charge in [-0.25, -0.2) is 8.42 Å². The second kappa shape index (κ2) is 9.44. The van der Waals surface area contributed by atoms with Crippen LogP contribution in [0.15, 0.2) is 60.7 Å². The van der Waals surface area contributed by atoms with Crippen molar-refractivity contribution in [3.05, 3.63) is 88.5 Å². The SMILES string of the molecule is COc1cc(C(=O)Nc2ccc(CN(c3ccc(C)c(C)c3)S(C)(=O)=O)cc2)ccc1C. The molecule has 0 fully saturated rings. The third-order valence-corrected chi connectivity index (χ3v) is 6.53. The van der Waals surface area contributed by atoms with Gasteiger partial charge in [-0.2, -0.15) is 0 Å². The summed E-state index contributed by atoms with van der Waals surface area (Å²) in [6, 6.07) is 18.0. The molecule has 0 bridgehead atoms. The molecule has 1 amide bonds. The first-order valence-electron chi connectivity index (χ1n) is 10.2. The number of carbonyl (C=O) groups excluding carboxylic acids is 1. The van der Waals surface area contributed by atoms with Gasteiger partial charge in [-0.3, -0.25) is 9.10 Å². The summed E-state index contributed by atoms with van der Waals surface area (Å²) in [5.74, 6) is 0.407. The molecule has 0 aliphatic carbocycles. The van der Waals surface area contributed by atoms with Crippen LogP contribution < -0.4 is 14.4 Å². The lowest BCUT2D eigenvalue weighted by Crippen LogP contribution is -2.29. The van der Waals surface area contributed by atoms with Crippen molar-refractivity contribution < 1.29 is 17.9 Å². The van der Waals surface area contributed by atoms with Crippen molar-refractivity contribution in [2.75, 3.05) is 23.0 Å². The van der Waals surface area contributed by atoms with Gasteiger partial charge in [0.2, 0.25) is 10.0 Å². The highest BCUT2D eigenvalue weighted by Crippen LogP contribution is 2.24. The van der Waals surface area contributed by atoms with Crippen LogP contribution >= 0.6 is 0 Å². The van der Waals surface area contributed by atoms with Gasteiger partial charge in [0, 0.05) is 11.3 Å². The van der Waals surface area contributed by atoms with Crippen LogP contribution in [0.4, 0.5) is 11.4 Å². The lowest BCUT2D eigenvalue weighted by Gasteiger charge is -2.23. The van der Waals surface area contributed by atoms with E-state index >= 15 is 0 Å². The Balaban J connectivity index is 1.76. The summed E-state index contributed by atoms with van der Waals surface area (Å²) in [5.41, 5.74) is 5.64. The number of aryl methyl sites for hydroxylation is 3. The van der Waals surface area contributed by atoms with E-state index in [1.165, 1.54) is 10.6 Å². The molecule has 6 nitrogen and oxygen atoms in total. The van der Waals surface area contributed by atoms with Crippen molar-refractivity contribution in [1.82, 2.24) is 0 Å². The topological polar surface area (TPSA) is 75.7 Å². The standard InChI is InChI=1S/C25H28N2O4S/c1-17-7-13-23(14-19(17)3)27(32(5,29)30)16-20-8-11-22(12-9-20)26-25(28)21-10-6-18(2)24(15-21)31-4/h6-15H,16H2,1-5H3,(H,26,28). The smallest absolute Gasteiger partial charge is 0.255 e. The number of nitrogens with zero attached hydrogens (tertiary/aromatic N) is 1. The molecule has 0 aromatic heterocycles. The number of carbonyl (C=O) groups is 1. The fraction of sp³-hybridized carbons (Fsp3) is 0.240. The maximum absolute atomic E-state index is 12.6. The lowest BCUT2D eigenvalue weighted by molar-refractivity contribution is 0.102. The molecular formula is C25H28N2O4S. The molecular weight excluding hydrogens is 424 g/mol. The van der Waals surface area contributed by atoms with E-state index in [0.29, 0.717) is 22.7 Å². The van der Waals surface area contributed by atoms with Gasteiger partial charge in [0.15, 0.2) is 0 Å². The minimum absolute atomic E-state index is 0.199. The van der Waals surface area contributed by atoms with Crippen LogP contribution in [0.1, 0.15) is 32.6 Å². The molecule has 32 heavy (non-hydrogen) atoms.